The minimum atomic E-state index is -0.706. The zero-order valence-electron chi connectivity index (χ0n) is 13.4. The van der Waals surface area contributed by atoms with Gasteiger partial charge < -0.3 is 10.4 Å². The molecule has 3 rings (SSSR count). The molecule has 1 aliphatic rings. The number of hydrogen-bond acceptors (Lipinski definition) is 3. The van der Waals surface area contributed by atoms with Crippen LogP contribution in [0.3, 0.4) is 0 Å². The van der Waals surface area contributed by atoms with E-state index in [9.17, 15) is 9.90 Å². The average molecular weight is 321 g/mol. The fraction of sp³-hybridized carbons (Fsp3) is 0.211. The van der Waals surface area contributed by atoms with E-state index in [1.54, 1.807) is 28.9 Å². The average Bonchev–Trinajstić information content (AvgIpc) is 2.92. The fourth-order valence-corrected chi connectivity index (χ4v) is 2.82. The van der Waals surface area contributed by atoms with E-state index < -0.39 is 6.04 Å². The zero-order chi connectivity index (χ0) is 16.9. The molecule has 5 nitrogen and oxygen atoms in total. The fourth-order valence-electron chi connectivity index (χ4n) is 2.82. The van der Waals surface area contributed by atoms with Gasteiger partial charge in [0.2, 0.25) is 6.04 Å². The van der Waals surface area contributed by atoms with Crippen LogP contribution in [-0.2, 0) is 0 Å². The van der Waals surface area contributed by atoms with Gasteiger partial charge in [0.05, 0.1) is 5.90 Å². The Morgan fingerprint density at radius 2 is 1.79 bits per heavy atom. The Labute approximate surface area is 141 Å². The van der Waals surface area contributed by atoms with Gasteiger partial charge in [-0.2, -0.15) is 0 Å². The minimum absolute atomic E-state index is 0.275. The van der Waals surface area contributed by atoms with Gasteiger partial charge >= 0.3 is 0 Å². The molecule has 0 spiro atoms. The lowest BCUT2D eigenvalue weighted by atomic mass is 9.99. The Balaban J connectivity index is 1.91. The SMILES string of the molecule is CC/C=[N+]1/N=C([O-])[C@@H](NC(=O)c2ccccc2)[C@@H]1c1ccccc1. The minimum Gasteiger partial charge on any atom is -0.856 e. The molecule has 0 saturated heterocycles. The van der Waals surface area contributed by atoms with Crippen LogP contribution < -0.4 is 10.4 Å². The summed E-state index contributed by atoms with van der Waals surface area (Å²) in [7, 11) is 0. The number of rotatable bonds is 4. The van der Waals surface area contributed by atoms with Crippen molar-refractivity contribution < 1.29 is 14.6 Å². The number of carbonyl (C=O) groups is 1. The molecule has 1 N–H and O–H groups in total. The molecule has 2 aromatic carbocycles. The van der Waals surface area contributed by atoms with Crippen molar-refractivity contribution in [1.82, 2.24) is 5.32 Å². The lowest BCUT2D eigenvalue weighted by Crippen LogP contribution is -2.47. The Kier molecular flexibility index (Phi) is 4.70. The van der Waals surface area contributed by atoms with E-state index in [1.807, 2.05) is 49.5 Å². The van der Waals surface area contributed by atoms with Gasteiger partial charge in [-0.3, -0.25) is 4.79 Å². The van der Waals surface area contributed by atoms with Crippen LogP contribution >= 0.6 is 0 Å². The van der Waals surface area contributed by atoms with Crippen LogP contribution in [0.15, 0.2) is 65.8 Å². The lowest BCUT2D eigenvalue weighted by molar-refractivity contribution is -0.566. The molecule has 0 unspecified atom stereocenters. The van der Waals surface area contributed by atoms with E-state index in [0.717, 1.165) is 12.0 Å². The Hall–Kier alpha value is -2.95. The first-order chi connectivity index (χ1) is 11.7. The summed E-state index contributed by atoms with van der Waals surface area (Å²) in [5.74, 6) is -0.610. The van der Waals surface area contributed by atoms with E-state index in [0.29, 0.717) is 5.56 Å². The molecule has 1 amide bonds. The molecule has 2 aromatic rings. The number of hydrazone groups is 1. The number of nitrogens with one attached hydrogen (secondary N) is 1. The van der Waals surface area contributed by atoms with Crippen LogP contribution in [0, 0.1) is 0 Å². The van der Waals surface area contributed by atoms with Gasteiger partial charge in [-0.25, -0.2) is 0 Å². The summed E-state index contributed by atoms with van der Waals surface area (Å²) in [4.78, 5) is 12.5. The Bertz CT molecular complexity index is 770. The maximum atomic E-state index is 12.5. The van der Waals surface area contributed by atoms with Gasteiger partial charge in [0.15, 0.2) is 6.21 Å². The van der Waals surface area contributed by atoms with Crippen molar-refractivity contribution in [2.24, 2.45) is 5.10 Å². The van der Waals surface area contributed by atoms with Crippen LogP contribution in [0.1, 0.15) is 35.3 Å². The highest BCUT2D eigenvalue weighted by Crippen LogP contribution is 2.26. The number of benzene rings is 2. The summed E-state index contributed by atoms with van der Waals surface area (Å²) in [5, 5.41) is 19.3. The van der Waals surface area contributed by atoms with Gasteiger partial charge in [0.25, 0.3) is 5.91 Å². The molecule has 5 heteroatoms. The van der Waals surface area contributed by atoms with Crippen molar-refractivity contribution in [2.75, 3.05) is 0 Å². The van der Waals surface area contributed by atoms with Crippen LogP contribution in [0.5, 0.6) is 0 Å². The third-order valence-corrected chi connectivity index (χ3v) is 3.91. The molecule has 0 bridgehead atoms. The van der Waals surface area contributed by atoms with Gasteiger partial charge in [-0.15, -0.1) is 0 Å². The number of carbonyl (C=O) groups excluding carboxylic acids is 1. The summed E-state index contributed by atoms with van der Waals surface area (Å²) in [5.41, 5.74) is 1.46. The first kappa shape index (κ1) is 15.9. The third kappa shape index (κ3) is 3.20. The normalized spacial score (nSPS) is 21.5. The van der Waals surface area contributed by atoms with Crippen molar-refractivity contribution in [3.05, 3.63) is 71.8 Å². The molecule has 24 heavy (non-hydrogen) atoms. The Morgan fingerprint density at radius 1 is 1.17 bits per heavy atom. The second kappa shape index (κ2) is 7.08. The van der Waals surface area contributed by atoms with Crippen molar-refractivity contribution >= 4 is 18.0 Å². The highest BCUT2D eigenvalue weighted by molar-refractivity contribution is 5.97. The quantitative estimate of drug-likeness (QED) is 0.871. The second-order valence-corrected chi connectivity index (χ2v) is 5.58. The number of amides is 1. The summed E-state index contributed by atoms with van der Waals surface area (Å²) < 4.78 is 1.66. The van der Waals surface area contributed by atoms with Crippen LogP contribution in [0.2, 0.25) is 0 Å². The van der Waals surface area contributed by atoms with Crippen molar-refractivity contribution in [3.63, 3.8) is 0 Å². The number of hydrogen-bond donors (Lipinski definition) is 1. The third-order valence-electron chi connectivity index (χ3n) is 3.91. The monoisotopic (exact) mass is 321 g/mol. The summed E-state index contributed by atoms with van der Waals surface area (Å²) in [6, 6.07) is 17.5. The molecule has 0 aromatic heterocycles. The van der Waals surface area contributed by atoms with Crippen molar-refractivity contribution in [1.29, 1.82) is 0 Å². The maximum Gasteiger partial charge on any atom is 0.252 e. The smallest absolute Gasteiger partial charge is 0.252 e. The summed E-state index contributed by atoms with van der Waals surface area (Å²) in [6.45, 7) is 1.98. The second-order valence-electron chi connectivity index (χ2n) is 5.58. The topological polar surface area (TPSA) is 67.5 Å². The van der Waals surface area contributed by atoms with E-state index >= 15 is 0 Å². The first-order valence-electron chi connectivity index (χ1n) is 7.98. The molecule has 1 heterocycles. The van der Waals surface area contributed by atoms with Gasteiger partial charge in [-0.1, -0.05) is 60.1 Å². The predicted molar refractivity (Wildman–Crippen MR) is 90.9 cm³/mol. The van der Waals surface area contributed by atoms with Crippen molar-refractivity contribution in [3.8, 4) is 0 Å². The van der Waals surface area contributed by atoms with Gasteiger partial charge in [0.1, 0.15) is 6.04 Å². The largest absolute Gasteiger partial charge is 0.856 e. The van der Waals surface area contributed by atoms with Crippen LogP contribution in [0.4, 0.5) is 0 Å². The van der Waals surface area contributed by atoms with Gasteiger partial charge in [0, 0.05) is 17.5 Å². The molecule has 122 valence electrons. The lowest BCUT2D eigenvalue weighted by Gasteiger charge is -2.20. The van der Waals surface area contributed by atoms with E-state index in [4.69, 9.17) is 0 Å². The molecular formula is C19H19N3O2. The molecule has 0 fully saturated rings. The number of nitrogens with zero attached hydrogens (tertiary/aromatic N) is 2. The molecule has 0 saturated carbocycles. The molecular weight excluding hydrogens is 302 g/mol. The summed E-state index contributed by atoms with van der Waals surface area (Å²) >= 11 is 0. The van der Waals surface area contributed by atoms with Crippen LogP contribution in [0.25, 0.3) is 0 Å². The predicted octanol–water partition coefficient (Wildman–Crippen LogP) is 1.71. The first-order valence-corrected chi connectivity index (χ1v) is 7.98. The highest BCUT2D eigenvalue weighted by Gasteiger charge is 2.40. The van der Waals surface area contributed by atoms with Crippen LogP contribution in [-0.4, -0.2) is 28.7 Å². The van der Waals surface area contributed by atoms with E-state index in [-0.39, 0.29) is 17.8 Å². The molecule has 0 aliphatic carbocycles. The molecule has 2 atom stereocenters. The maximum absolute atomic E-state index is 12.5. The van der Waals surface area contributed by atoms with E-state index in [1.165, 1.54) is 0 Å². The van der Waals surface area contributed by atoms with E-state index in [2.05, 4.69) is 10.4 Å². The highest BCUT2D eigenvalue weighted by atomic mass is 16.3. The molecule has 1 aliphatic heterocycles. The Morgan fingerprint density at radius 3 is 2.42 bits per heavy atom. The zero-order valence-corrected chi connectivity index (χ0v) is 13.4. The standard InChI is InChI=1S/C19H19N3O2/c1-2-13-22-17(14-9-5-3-6-10-14)16(19(24)21-22)20-18(23)15-11-7-4-8-12-15/h3-13,16-17H,2H2,1H3,(H-,20,21,23,24)/b22-13+/t16-,17-/m0/s1. The van der Waals surface area contributed by atoms with Gasteiger partial charge in [-0.05, 0) is 17.2 Å². The van der Waals surface area contributed by atoms with Crippen molar-refractivity contribution in [2.45, 2.75) is 25.4 Å². The summed E-state index contributed by atoms with van der Waals surface area (Å²) in [6.07, 6.45) is 2.61. The molecule has 0 radical (unpaired) electrons.